The molecule has 0 aliphatic carbocycles. The van der Waals surface area contributed by atoms with Gasteiger partial charge in [-0.05, 0) is 6.42 Å². The highest BCUT2D eigenvalue weighted by Crippen LogP contribution is 2.33. The van der Waals surface area contributed by atoms with Crippen molar-refractivity contribution in [2.24, 2.45) is 0 Å². The summed E-state index contributed by atoms with van der Waals surface area (Å²) in [6, 6.07) is 0.00241. The normalized spacial score (nSPS) is 19.1. The minimum absolute atomic E-state index is 0.00241. The van der Waals surface area contributed by atoms with Gasteiger partial charge in [-0.1, -0.05) is 13.8 Å². The lowest BCUT2D eigenvalue weighted by Crippen LogP contribution is -2.31. The molecule has 1 atom stereocenters. The van der Waals surface area contributed by atoms with E-state index in [0.717, 1.165) is 12.6 Å². The molecule has 0 bridgehead atoms. The van der Waals surface area contributed by atoms with Gasteiger partial charge in [0.1, 0.15) is 5.82 Å². The molecule has 6 heteroatoms. The molecule has 96 valence electrons. The number of nitrogens with zero attached hydrogens (tertiary/aromatic N) is 2. The number of rotatable bonds is 3. The Morgan fingerprint density at radius 2 is 2.18 bits per heavy atom. The van der Waals surface area contributed by atoms with Gasteiger partial charge in [-0.2, -0.15) is 13.2 Å². The van der Waals surface area contributed by atoms with Crippen molar-refractivity contribution in [3.63, 3.8) is 0 Å². The van der Waals surface area contributed by atoms with Crippen molar-refractivity contribution in [2.75, 3.05) is 13.2 Å². The number of hydrogen-bond acceptors (Lipinski definition) is 2. The number of alkyl halides is 3. The van der Waals surface area contributed by atoms with Crippen LogP contribution in [0.1, 0.15) is 43.7 Å². The lowest BCUT2D eigenvalue weighted by molar-refractivity contribution is -0.141. The molecule has 1 aromatic rings. The Hall–Kier alpha value is -1.04. The number of aromatic nitrogens is 2. The first-order valence-corrected chi connectivity index (χ1v) is 5.67. The fourth-order valence-corrected chi connectivity index (χ4v) is 1.77. The molecule has 1 fully saturated rings. The Labute approximate surface area is 97.6 Å². The fraction of sp³-hybridized carbons (Fsp3) is 0.727. The van der Waals surface area contributed by atoms with Crippen LogP contribution < -0.4 is 0 Å². The van der Waals surface area contributed by atoms with Crippen LogP contribution in [0.15, 0.2) is 6.20 Å². The van der Waals surface area contributed by atoms with Crippen molar-refractivity contribution >= 4 is 0 Å². The van der Waals surface area contributed by atoms with Crippen LogP contribution in [0.4, 0.5) is 13.2 Å². The van der Waals surface area contributed by atoms with E-state index in [4.69, 9.17) is 4.74 Å². The molecular weight excluding hydrogens is 233 g/mol. The van der Waals surface area contributed by atoms with Gasteiger partial charge in [-0.15, -0.1) is 0 Å². The van der Waals surface area contributed by atoms with Gasteiger partial charge in [0.15, 0.2) is 5.69 Å². The first kappa shape index (κ1) is 12.4. The molecule has 0 N–H and O–H groups in total. The van der Waals surface area contributed by atoms with Crippen molar-refractivity contribution in [1.82, 2.24) is 9.55 Å². The Kier molecular flexibility index (Phi) is 3.16. The summed E-state index contributed by atoms with van der Waals surface area (Å²) < 4.78 is 44.5. The lowest BCUT2D eigenvalue weighted by atomic mass is 10.1. The maximum Gasteiger partial charge on any atom is 0.434 e. The van der Waals surface area contributed by atoms with Crippen molar-refractivity contribution in [1.29, 1.82) is 0 Å². The molecule has 0 amide bonds. The molecule has 2 heterocycles. The van der Waals surface area contributed by atoms with Crippen LogP contribution in [-0.2, 0) is 10.9 Å². The van der Waals surface area contributed by atoms with Crippen molar-refractivity contribution in [3.05, 3.63) is 17.7 Å². The van der Waals surface area contributed by atoms with E-state index in [1.165, 1.54) is 0 Å². The molecule has 0 aromatic carbocycles. The van der Waals surface area contributed by atoms with Crippen LogP contribution in [-0.4, -0.2) is 22.8 Å². The van der Waals surface area contributed by atoms with Gasteiger partial charge in [0.25, 0.3) is 0 Å². The third-order valence-corrected chi connectivity index (χ3v) is 3.12. The van der Waals surface area contributed by atoms with E-state index in [0.29, 0.717) is 19.0 Å². The van der Waals surface area contributed by atoms with Gasteiger partial charge in [0.2, 0.25) is 0 Å². The predicted octanol–water partition coefficient (Wildman–Crippen LogP) is 2.99. The summed E-state index contributed by atoms with van der Waals surface area (Å²) >= 11 is 0. The van der Waals surface area contributed by atoms with Crippen molar-refractivity contribution < 1.29 is 17.9 Å². The summed E-state index contributed by atoms with van der Waals surface area (Å²) in [6.07, 6.45) is -2.51. The molecule has 1 saturated heterocycles. The number of ether oxygens (including phenoxy) is 1. The standard InChI is InChI=1S/C11H15F3N2O/c1-3-7(2)10-15-9(11(12,13)14)4-16(10)8-5-17-6-8/h4,7-8H,3,5-6H2,1-2H3. The monoisotopic (exact) mass is 248 g/mol. The fourth-order valence-electron chi connectivity index (χ4n) is 1.77. The molecule has 1 unspecified atom stereocenters. The van der Waals surface area contributed by atoms with Crippen LogP contribution in [0.2, 0.25) is 0 Å². The summed E-state index contributed by atoms with van der Waals surface area (Å²) in [6.45, 7) is 4.76. The van der Waals surface area contributed by atoms with Gasteiger partial charge in [-0.3, -0.25) is 0 Å². The van der Waals surface area contributed by atoms with Gasteiger partial charge in [0.05, 0.1) is 19.3 Å². The van der Waals surface area contributed by atoms with E-state index < -0.39 is 11.9 Å². The van der Waals surface area contributed by atoms with E-state index in [1.807, 2.05) is 13.8 Å². The molecule has 0 saturated carbocycles. The van der Waals surface area contributed by atoms with Gasteiger partial charge >= 0.3 is 6.18 Å². The molecule has 1 aliphatic heterocycles. The minimum Gasteiger partial charge on any atom is -0.377 e. The largest absolute Gasteiger partial charge is 0.434 e. The van der Waals surface area contributed by atoms with E-state index in [-0.39, 0.29) is 12.0 Å². The zero-order chi connectivity index (χ0) is 12.6. The highest BCUT2D eigenvalue weighted by molar-refractivity contribution is 5.12. The smallest absolute Gasteiger partial charge is 0.377 e. The Bertz CT molecular complexity index is 374. The molecule has 3 nitrogen and oxygen atoms in total. The molecule has 0 radical (unpaired) electrons. The zero-order valence-electron chi connectivity index (χ0n) is 9.79. The van der Waals surface area contributed by atoms with E-state index in [1.54, 1.807) is 4.57 Å². The van der Waals surface area contributed by atoms with Crippen LogP contribution in [0.25, 0.3) is 0 Å². The van der Waals surface area contributed by atoms with Crippen molar-refractivity contribution in [2.45, 2.75) is 38.4 Å². The first-order chi connectivity index (χ1) is 7.93. The number of halogens is 3. The molecular formula is C11H15F3N2O. The molecule has 2 rings (SSSR count). The van der Waals surface area contributed by atoms with E-state index >= 15 is 0 Å². The summed E-state index contributed by atoms with van der Waals surface area (Å²) in [5.74, 6) is 0.528. The average molecular weight is 248 g/mol. The number of imidazole rings is 1. The maximum atomic E-state index is 12.6. The lowest BCUT2D eigenvalue weighted by Gasteiger charge is -2.29. The topological polar surface area (TPSA) is 27.1 Å². The second kappa shape index (κ2) is 4.33. The quantitative estimate of drug-likeness (QED) is 0.822. The van der Waals surface area contributed by atoms with Crippen LogP contribution >= 0.6 is 0 Å². The third-order valence-electron chi connectivity index (χ3n) is 3.12. The molecule has 17 heavy (non-hydrogen) atoms. The zero-order valence-corrected chi connectivity index (χ0v) is 9.79. The Balaban J connectivity index is 2.37. The van der Waals surface area contributed by atoms with Crippen LogP contribution in [0.5, 0.6) is 0 Å². The summed E-state index contributed by atoms with van der Waals surface area (Å²) in [5, 5.41) is 0. The minimum atomic E-state index is -4.38. The predicted molar refractivity (Wildman–Crippen MR) is 55.8 cm³/mol. The second-order valence-electron chi connectivity index (χ2n) is 4.39. The highest BCUT2D eigenvalue weighted by atomic mass is 19.4. The number of hydrogen-bond donors (Lipinski definition) is 0. The van der Waals surface area contributed by atoms with E-state index in [2.05, 4.69) is 4.98 Å². The van der Waals surface area contributed by atoms with Crippen LogP contribution in [0, 0.1) is 0 Å². The summed E-state index contributed by atoms with van der Waals surface area (Å²) in [7, 11) is 0. The van der Waals surface area contributed by atoms with E-state index in [9.17, 15) is 13.2 Å². The average Bonchev–Trinajstić information content (AvgIpc) is 2.58. The molecule has 0 spiro atoms. The summed E-state index contributed by atoms with van der Waals surface area (Å²) in [5.41, 5.74) is -0.806. The molecule has 1 aliphatic rings. The third kappa shape index (κ3) is 2.31. The van der Waals surface area contributed by atoms with Gasteiger partial charge < -0.3 is 9.30 Å². The highest BCUT2D eigenvalue weighted by Gasteiger charge is 2.37. The summed E-state index contributed by atoms with van der Waals surface area (Å²) in [4.78, 5) is 3.74. The van der Waals surface area contributed by atoms with Gasteiger partial charge in [0, 0.05) is 12.1 Å². The Morgan fingerprint density at radius 1 is 1.53 bits per heavy atom. The second-order valence-corrected chi connectivity index (χ2v) is 4.39. The molecule has 1 aromatic heterocycles. The van der Waals surface area contributed by atoms with Crippen molar-refractivity contribution in [3.8, 4) is 0 Å². The Morgan fingerprint density at radius 3 is 2.59 bits per heavy atom. The first-order valence-electron chi connectivity index (χ1n) is 5.67. The van der Waals surface area contributed by atoms with Gasteiger partial charge in [-0.25, -0.2) is 4.98 Å². The SMILES string of the molecule is CCC(C)c1nc(C(F)(F)F)cn1C1COC1. The van der Waals surface area contributed by atoms with Crippen LogP contribution in [0.3, 0.4) is 0 Å². The maximum absolute atomic E-state index is 12.6.